The molecule has 4 rings (SSSR count). The van der Waals surface area contributed by atoms with E-state index in [0.717, 1.165) is 41.6 Å². The molecule has 30 heavy (non-hydrogen) atoms. The van der Waals surface area contributed by atoms with Gasteiger partial charge in [-0.2, -0.15) is 0 Å². The third-order valence-corrected chi connectivity index (χ3v) is 7.15. The van der Waals surface area contributed by atoms with E-state index in [1.54, 1.807) is 19.0 Å². The average molecular weight is 469 g/mol. The van der Waals surface area contributed by atoms with Crippen molar-refractivity contribution in [2.24, 2.45) is 7.05 Å². The minimum atomic E-state index is 0.0567. The number of aryl methyl sites for hydroxylation is 1. The van der Waals surface area contributed by atoms with Gasteiger partial charge in [-0.05, 0) is 84.5 Å². The first-order chi connectivity index (χ1) is 14.4. The average Bonchev–Trinajstić information content (AvgIpc) is 3.11. The normalized spacial score (nSPS) is 16.7. The topological polar surface area (TPSA) is 41.4 Å². The summed E-state index contributed by atoms with van der Waals surface area (Å²) in [5.41, 5.74) is 4.42. The number of hydrogen-bond acceptors (Lipinski definition) is 3. The lowest BCUT2D eigenvalue weighted by Crippen LogP contribution is -2.35. The minimum absolute atomic E-state index is 0.0567. The maximum atomic E-state index is 12.1. The van der Waals surface area contributed by atoms with Crippen LogP contribution in [0.2, 0.25) is 0 Å². The minimum Gasteiger partial charge on any atom is -0.345 e. The Morgan fingerprint density at radius 1 is 1.17 bits per heavy atom. The molecular weight excluding hydrogens is 440 g/mol. The van der Waals surface area contributed by atoms with Crippen molar-refractivity contribution in [3.05, 3.63) is 63.9 Å². The Morgan fingerprint density at radius 3 is 2.43 bits per heavy atom. The molecule has 0 radical (unpaired) electrons. The molecular formula is C24H29BrN4O. The first kappa shape index (κ1) is 21.1. The summed E-state index contributed by atoms with van der Waals surface area (Å²) in [5, 5.41) is 1.17. The molecule has 2 aromatic heterocycles. The molecule has 1 aliphatic heterocycles. The van der Waals surface area contributed by atoms with Crippen molar-refractivity contribution in [2.45, 2.75) is 31.7 Å². The third-order valence-electron chi connectivity index (χ3n) is 6.45. The Morgan fingerprint density at radius 2 is 1.83 bits per heavy atom. The molecule has 0 saturated carbocycles. The smallest absolute Gasteiger partial charge is 0.253 e. The molecule has 1 fully saturated rings. The second-order valence-corrected chi connectivity index (χ2v) is 9.32. The van der Waals surface area contributed by atoms with Gasteiger partial charge in [0.2, 0.25) is 0 Å². The molecule has 3 heterocycles. The molecule has 0 bridgehead atoms. The van der Waals surface area contributed by atoms with Gasteiger partial charge in [-0.3, -0.25) is 9.69 Å². The van der Waals surface area contributed by atoms with Gasteiger partial charge in [-0.25, -0.2) is 4.98 Å². The Labute approximate surface area is 186 Å². The van der Waals surface area contributed by atoms with Gasteiger partial charge in [0.1, 0.15) is 5.65 Å². The molecule has 0 spiro atoms. The third kappa shape index (κ3) is 3.91. The zero-order valence-corrected chi connectivity index (χ0v) is 19.7. The molecule has 1 aromatic carbocycles. The van der Waals surface area contributed by atoms with Crippen LogP contribution in [-0.2, 0) is 7.05 Å². The fourth-order valence-electron chi connectivity index (χ4n) is 4.57. The van der Waals surface area contributed by atoms with Gasteiger partial charge in [0, 0.05) is 54.5 Å². The molecule has 1 unspecified atom stereocenters. The van der Waals surface area contributed by atoms with E-state index in [4.69, 9.17) is 0 Å². The number of likely N-dealkylation sites (tertiary alicyclic amines) is 1. The number of halogens is 1. The molecule has 1 saturated heterocycles. The number of benzene rings is 1. The molecule has 0 N–H and O–H groups in total. The van der Waals surface area contributed by atoms with E-state index in [9.17, 15) is 4.79 Å². The highest BCUT2D eigenvalue weighted by Crippen LogP contribution is 2.34. The summed E-state index contributed by atoms with van der Waals surface area (Å²) < 4.78 is 3.31. The molecule has 0 aliphatic carbocycles. The summed E-state index contributed by atoms with van der Waals surface area (Å²) in [6.45, 7) is 4.44. The predicted octanol–water partition coefficient (Wildman–Crippen LogP) is 4.98. The Hall–Kier alpha value is -2.18. The van der Waals surface area contributed by atoms with E-state index in [1.807, 2.05) is 24.4 Å². The maximum absolute atomic E-state index is 12.1. The number of hydrogen-bond donors (Lipinski definition) is 0. The van der Waals surface area contributed by atoms with Crippen LogP contribution < -0.4 is 0 Å². The van der Waals surface area contributed by atoms with Crippen LogP contribution in [0.4, 0.5) is 0 Å². The molecule has 1 atom stereocenters. The number of piperidine rings is 1. The van der Waals surface area contributed by atoms with Gasteiger partial charge >= 0.3 is 0 Å². The Kier molecular flexibility index (Phi) is 5.98. The highest BCUT2D eigenvalue weighted by atomic mass is 79.9. The summed E-state index contributed by atoms with van der Waals surface area (Å²) in [7, 11) is 5.69. The number of aromatic nitrogens is 2. The number of pyridine rings is 1. The Balaban J connectivity index is 1.44. The lowest BCUT2D eigenvalue weighted by Gasteiger charge is -2.36. The SMILES string of the molecule is CC(c1cc2c(Br)ccnc2n1C)N1CCC(c2ccc(C(=O)N(C)C)cc2)CC1. The number of carbonyl (C=O) groups is 1. The summed E-state index contributed by atoms with van der Waals surface area (Å²) in [6, 6.07) is 12.8. The maximum Gasteiger partial charge on any atom is 0.253 e. The predicted molar refractivity (Wildman–Crippen MR) is 125 cm³/mol. The molecule has 5 nitrogen and oxygen atoms in total. The van der Waals surface area contributed by atoms with Crippen molar-refractivity contribution >= 4 is 32.9 Å². The first-order valence-electron chi connectivity index (χ1n) is 10.5. The van der Waals surface area contributed by atoms with Gasteiger partial charge in [0.05, 0.1) is 0 Å². The molecule has 158 valence electrons. The quantitative estimate of drug-likeness (QED) is 0.542. The highest BCUT2D eigenvalue weighted by Gasteiger charge is 2.26. The zero-order chi connectivity index (χ0) is 21.4. The van der Waals surface area contributed by atoms with Gasteiger partial charge in [0.25, 0.3) is 5.91 Å². The number of rotatable bonds is 4. The second-order valence-electron chi connectivity index (χ2n) is 8.47. The highest BCUT2D eigenvalue weighted by molar-refractivity contribution is 9.10. The van der Waals surface area contributed by atoms with Crippen molar-refractivity contribution in [1.82, 2.24) is 19.4 Å². The fourth-order valence-corrected chi connectivity index (χ4v) is 4.98. The largest absolute Gasteiger partial charge is 0.345 e. The van der Waals surface area contributed by atoms with Crippen LogP contribution in [0.3, 0.4) is 0 Å². The van der Waals surface area contributed by atoms with E-state index in [0.29, 0.717) is 12.0 Å². The number of amides is 1. The zero-order valence-electron chi connectivity index (χ0n) is 18.1. The number of nitrogens with zero attached hydrogens (tertiary/aromatic N) is 4. The molecule has 1 amide bonds. The lowest BCUT2D eigenvalue weighted by molar-refractivity contribution is 0.0827. The van der Waals surface area contributed by atoms with Crippen LogP contribution in [0.25, 0.3) is 11.0 Å². The van der Waals surface area contributed by atoms with Crippen LogP contribution >= 0.6 is 15.9 Å². The second kappa shape index (κ2) is 8.52. The molecule has 1 aliphatic rings. The van der Waals surface area contributed by atoms with E-state index < -0.39 is 0 Å². The van der Waals surface area contributed by atoms with Crippen LogP contribution in [0.5, 0.6) is 0 Å². The summed E-state index contributed by atoms with van der Waals surface area (Å²) in [6.07, 6.45) is 4.12. The van der Waals surface area contributed by atoms with Crippen molar-refractivity contribution in [3.8, 4) is 0 Å². The van der Waals surface area contributed by atoms with E-state index in [-0.39, 0.29) is 5.91 Å². The summed E-state index contributed by atoms with van der Waals surface area (Å²) in [4.78, 5) is 20.9. The number of fused-ring (bicyclic) bond motifs is 1. The van der Waals surface area contributed by atoms with Gasteiger partial charge in [-0.1, -0.05) is 12.1 Å². The van der Waals surface area contributed by atoms with Crippen molar-refractivity contribution in [3.63, 3.8) is 0 Å². The van der Waals surface area contributed by atoms with E-state index in [2.05, 4.69) is 62.6 Å². The fraction of sp³-hybridized carbons (Fsp3) is 0.417. The number of carbonyl (C=O) groups excluding carboxylic acids is 1. The standard InChI is InChI=1S/C24H29BrN4O/c1-16(22-15-20-21(25)9-12-26-23(20)28(22)4)29-13-10-18(11-14-29)17-5-7-19(8-6-17)24(30)27(2)3/h5-9,12,15-16,18H,10-11,13-14H2,1-4H3. The monoisotopic (exact) mass is 468 g/mol. The van der Waals surface area contributed by atoms with Gasteiger partial charge in [0.15, 0.2) is 0 Å². The van der Waals surface area contributed by atoms with Crippen molar-refractivity contribution < 1.29 is 4.79 Å². The summed E-state index contributed by atoms with van der Waals surface area (Å²) in [5.74, 6) is 0.613. The first-order valence-corrected chi connectivity index (χ1v) is 11.3. The van der Waals surface area contributed by atoms with Crippen LogP contribution in [-0.4, -0.2) is 52.4 Å². The van der Waals surface area contributed by atoms with Crippen molar-refractivity contribution in [2.75, 3.05) is 27.2 Å². The van der Waals surface area contributed by atoms with Gasteiger partial charge < -0.3 is 9.47 Å². The van der Waals surface area contributed by atoms with E-state index in [1.165, 1.54) is 16.6 Å². The van der Waals surface area contributed by atoms with Crippen LogP contribution in [0.1, 0.15) is 53.3 Å². The van der Waals surface area contributed by atoms with Crippen LogP contribution in [0.15, 0.2) is 47.1 Å². The van der Waals surface area contributed by atoms with E-state index >= 15 is 0 Å². The molecule has 6 heteroatoms. The van der Waals surface area contributed by atoms with Crippen LogP contribution in [0, 0.1) is 0 Å². The van der Waals surface area contributed by atoms with Crippen molar-refractivity contribution in [1.29, 1.82) is 0 Å². The Bertz CT molecular complexity index is 1050. The molecule has 3 aromatic rings. The van der Waals surface area contributed by atoms with Gasteiger partial charge in [-0.15, -0.1) is 0 Å². The lowest BCUT2D eigenvalue weighted by atomic mass is 9.88. The summed E-state index contributed by atoms with van der Waals surface area (Å²) >= 11 is 3.65.